The lowest BCUT2D eigenvalue weighted by atomic mass is 10.1. The van der Waals surface area contributed by atoms with E-state index in [1.54, 1.807) is 0 Å². The van der Waals surface area contributed by atoms with Crippen molar-refractivity contribution in [3.05, 3.63) is 59.9 Å². The van der Waals surface area contributed by atoms with Gasteiger partial charge in [-0.25, -0.2) is 0 Å². The van der Waals surface area contributed by atoms with Gasteiger partial charge in [0.25, 0.3) is 0 Å². The highest BCUT2D eigenvalue weighted by atomic mass is 16.1. The van der Waals surface area contributed by atoms with Gasteiger partial charge in [-0.15, -0.1) is 0 Å². The zero-order chi connectivity index (χ0) is 13.7. The van der Waals surface area contributed by atoms with Gasteiger partial charge < -0.3 is 4.57 Å². The van der Waals surface area contributed by atoms with Gasteiger partial charge in [-0.05, 0) is 31.2 Å². The molecule has 1 heterocycles. The maximum Gasteiger partial charge on any atom is 0.193 e. The second-order valence-corrected chi connectivity index (χ2v) is 4.90. The molecule has 2 rings (SSSR count). The fourth-order valence-corrected chi connectivity index (χ4v) is 2.12. The van der Waals surface area contributed by atoms with Crippen LogP contribution in [0.25, 0.3) is 0 Å². The van der Waals surface area contributed by atoms with Crippen LogP contribution in [0.3, 0.4) is 0 Å². The molecule has 0 fully saturated rings. The van der Waals surface area contributed by atoms with Gasteiger partial charge in [0, 0.05) is 19.8 Å². The average Bonchev–Trinajstić information content (AvgIpc) is 2.84. The van der Waals surface area contributed by atoms with E-state index in [0.717, 1.165) is 18.7 Å². The van der Waals surface area contributed by atoms with Crippen LogP contribution in [0.4, 0.5) is 0 Å². The zero-order valence-electron chi connectivity index (χ0n) is 11.5. The van der Waals surface area contributed by atoms with Crippen molar-refractivity contribution in [2.45, 2.75) is 6.42 Å². The molecule has 100 valence electrons. The van der Waals surface area contributed by atoms with Gasteiger partial charge in [-0.3, -0.25) is 9.69 Å². The van der Waals surface area contributed by atoms with Gasteiger partial charge in [-0.2, -0.15) is 0 Å². The molecule has 0 saturated carbocycles. The first-order valence-electron chi connectivity index (χ1n) is 6.54. The van der Waals surface area contributed by atoms with Crippen molar-refractivity contribution >= 4 is 5.78 Å². The molecule has 0 aliphatic carbocycles. The highest BCUT2D eigenvalue weighted by molar-refractivity contribution is 5.96. The SMILES string of the molecule is CN(CCc1ccccc1)CC(=O)c1cccn1C. The monoisotopic (exact) mass is 256 g/mol. The van der Waals surface area contributed by atoms with Crippen molar-refractivity contribution in [2.24, 2.45) is 7.05 Å². The minimum atomic E-state index is 0.170. The van der Waals surface area contributed by atoms with Gasteiger partial charge in [0.05, 0.1) is 12.2 Å². The van der Waals surface area contributed by atoms with E-state index in [2.05, 4.69) is 17.0 Å². The summed E-state index contributed by atoms with van der Waals surface area (Å²) in [6.07, 6.45) is 2.87. The summed E-state index contributed by atoms with van der Waals surface area (Å²) in [5, 5.41) is 0. The minimum absolute atomic E-state index is 0.170. The number of hydrogen-bond acceptors (Lipinski definition) is 2. The maximum atomic E-state index is 12.1. The van der Waals surface area contributed by atoms with Crippen LogP contribution in [0.15, 0.2) is 48.7 Å². The van der Waals surface area contributed by atoms with Crippen LogP contribution in [0.1, 0.15) is 16.1 Å². The van der Waals surface area contributed by atoms with Crippen LogP contribution in [0.5, 0.6) is 0 Å². The van der Waals surface area contributed by atoms with E-state index in [9.17, 15) is 4.79 Å². The molecule has 1 aromatic carbocycles. The smallest absolute Gasteiger partial charge is 0.193 e. The van der Waals surface area contributed by atoms with E-state index in [0.29, 0.717) is 6.54 Å². The molecule has 0 aliphatic heterocycles. The van der Waals surface area contributed by atoms with E-state index < -0.39 is 0 Å². The molecule has 0 unspecified atom stereocenters. The standard InChI is InChI=1S/C16H20N2O/c1-17(12-10-14-7-4-3-5-8-14)13-16(19)15-9-6-11-18(15)2/h3-9,11H,10,12-13H2,1-2H3. The largest absolute Gasteiger partial charge is 0.348 e. The molecule has 0 bridgehead atoms. The number of hydrogen-bond donors (Lipinski definition) is 0. The normalized spacial score (nSPS) is 10.9. The van der Waals surface area contributed by atoms with E-state index in [1.807, 2.05) is 55.2 Å². The summed E-state index contributed by atoms with van der Waals surface area (Å²) < 4.78 is 1.87. The van der Waals surface area contributed by atoms with Gasteiger partial charge >= 0.3 is 0 Å². The lowest BCUT2D eigenvalue weighted by Crippen LogP contribution is -2.28. The lowest BCUT2D eigenvalue weighted by Gasteiger charge is -2.15. The number of carbonyl (C=O) groups is 1. The molecule has 0 saturated heterocycles. The van der Waals surface area contributed by atoms with E-state index in [4.69, 9.17) is 0 Å². The predicted octanol–water partition coefficient (Wildman–Crippen LogP) is 2.38. The van der Waals surface area contributed by atoms with Gasteiger partial charge in [0.1, 0.15) is 0 Å². The molecular weight excluding hydrogens is 236 g/mol. The first kappa shape index (κ1) is 13.6. The summed E-state index contributed by atoms with van der Waals surface area (Å²) in [6, 6.07) is 14.1. The van der Waals surface area contributed by atoms with Gasteiger partial charge in [0.2, 0.25) is 0 Å². The first-order chi connectivity index (χ1) is 9.16. The van der Waals surface area contributed by atoms with Crippen molar-refractivity contribution in [3.63, 3.8) is 0 Å². The Balaban J connectivity index is 1.83. The Bertz CT molecular complexity index is 531. The summed E-state index contributed by atoms with van der Waals surface area (Å²) in [7, 11) is 3.89. The van der Waals surface area contributed by atoms with Crippen molar-refractivity contribution in [3.8, 4) is 0 Å². The molecule has 0 radical (unpaired) electrons. The zero-order valence-corrected chi connectivity index (χ0v) is 11.5. The van der Waals surface area contributed by atoms with E-state index in [-0.39, 0.29) is 5.78 Å². The number of nitrogens with zero attached hydrogens (tertiary/aromatic N) is 2. The molecule has 0 amide bonds. The van der Waals surface area contributed by atoms with Crippen molar-refractivity contribution in [1.29, 1.82) is 0 Å². The number of carbonyl (C=O) groups excluding carboxylic acids is 1. The Morgan fingerprint density at radius 3 is 2.53 bits per heavy atom. The molecule has 19 heavy (non-hydrogen) atoms. The molecule has 3 heteroatoms. The Morgan fingerprint density at radius 1 is 1.16 bits per heavy atom. The summed E-state index contributed by atoms with van der Waals surface area (Å²) in [5.41, 5.74) is 2.08. The fourth-order valence-electron chi connectivity index (χ4n) is 2.12. The quantitative estimate of drug-likeness (QED) is 0.741. The van der Waals surface area contributed by atoms with Crippen molar-refractivity contribution in [2.75, 3.05) is 20.1 Å². The van der Waals surface area contributed by atoms with Crippen LogP contribution in [-0.2, 0) is 13.5 Å². The number of ketones is 1. The van der Waals surface area contributed by atoms with Crippen molar-refractivity contribution < 1.29 is 4.79 Å². The Kier molecular flexibility index (Phi) is 4.53. The Hall–Kier alpha value is -1.87. The second kappa shape index (κ2) is 6.34. The van der Waals surface area contributed by atoms with Crippen molar-refractivity contribution in [1.82, 2.24) is 9.47 Å². The number of likely N-dealkylation sites (N-methyl/N-ethyl adjacent to an activating group) is 1. The predicted molar refractivity (Wildman–Crippen MR) is 77.4 cm³/mol. The van der Waals surface area contributed by atoms with Crippen LogP contribution in [-0.4, -0.2) is 35.4 Å². The van der Waals surface area contributed by atoms with Gasteiger partial charge in [-0.1, -0.05) is 30.3 Å². The van der Waals surface area contributed by atoms with E-state index >= 15 is 0 Å². The molecular formula is C16H20N2O. The average molecular weight is 256 g/mol. The fraction of sp³-hybridized carbons (Fsp3) is 0.312. The van der Waals surface area contributed by atoms with E-state index in [1.165, 1.54) is 5.56 Å². The minimum Gasteiger partial charge on any atom is -0.348 e. The summed E-state index contributed by atoms with van der Waals surface area (Å²) in [5.74, 6) is 0.170. The number of benzene rings is 1. The number of aryl methyl sites for hydroxylation is 1. The third-order valence-electron chi connectivity index (χ3n) is 3.27. The molecule has 0 N–H and O–H groups in total. The van der Waals surface area contributed by atoms with Gasteiger partial charge in [0.15, 0.2) is 5.78 Å². The van der Waals surface area contributed by atoms with Crippen LogP contribution in [0, 0.1) is 0 Å². The second-order valence-electron chi connectivity index (χ2n) is 4.90. The summed E-state index contributed by atoms with van der Waals surface area (Å²) >= 11 is 0. The Morgan fingerprint density at radius 2 is 1.89 bits per heavy atom. The van der Waals surface area contributed by atoms with Crippen LogP contribution in [0.2, 0.25) is 0 Å². The molecule has 3 nitrogen and oxygen atoms in total. The molecule has 1 aromatic heterocycles. The van der Waals surface area contributed by atoms with Crippen LogP contribution >= 0.6 is 0 Å². The molecule has 0 aliphatic rings. The lowest BCUT2D eigenvalue weighted by molar-refractivity contribution is 0.0939. The van der Waals surface area contributed by atoms with Crippen LogP contribution < -0.4 is 0 Å². The molecule has 0 atom stereocenters. The summed E-state index contributed by atoms with van der Waals surface area (Å²) in [4.78, 5) is 14.2. The topological polar surface area (TPSA) is 25.2 Å². The molecule has 2 aromatic rings. The summed E-state index contributed by atoms with van der Waals surface area (Å²) in [6.45, 7) is 1.35. The highest BCUT2D eigenvalue weighted by Crippen LogP contribution is 2.04. The first-order valence-corrected chi connectivity index (χ1v) is 6.54. The highest BCUT2D eigenvalue weighted by Gasteiger charge is 2.11. The number of rotatable bonds is 6. The Labute approximate surface area is 114 Å². The number of aromatic nitrogens is 1. The maximum absolute atomic E-state index is 12.1. The third kappa shape index (κ3) is 3.80. The molecule has 0 spiro atoms. The number of Topliss-reactive ketones (excluding diaryl/α,β-unsaturated/α-hetero) is 1. The third-order valence-corrected chi connectivity index (χ3v) is 3.27.